The van der Waals surface area contributed by atoms with Gasteiger partial charge in [-0.1, -0.05) is 24.3 Å². The van der Waals surface area contributed by atoms with Gasteiger partial charge in [-0.25, -0.2) is 4.79 Å². The molecule has 0 saturated carbocycles. The Kier molecular flexibility index (Phi) is 11.8. The van der Waals surface area contributed by atoms with E-state index < -0.39 is 23.2 Å². The highest BCUT2D eigenvalue weighted by atomic mass is 16.6. The highest BCUT2D eigenvalue weighted by molar-refractivity contribution is 6.09. The SMILES string of the molecule is CCOC(=O)CN(C(=O)c1ccc(OCC(C)(C)N(CC)C(=O)OC(C)(C)C)cc1)c1cc(OC)ccc1[C@@H]1CCc2c[c]ccc2C1. The van der Waals surface area contributed by atoms with Gasteiger partial charge in [0.1, 0.15) is 30.3 Å². The zero-order chi connectivity index (χ0) is 35.1. The molecule has 0 bridgehead atoms. The first-order chi connectivity index (χ1) is 22.8. The Morgan fingerprint density at radius 2 is 1.65 bits per heavy atom. The number of fused-ring (bicyclic) bond motifs is 1. The Morgan fingerprint density at radius 1 is 0.938 bits per heavy atom. The monoisotopic (exact) mass is 657 g/mol. The number of likely N-dealkylation sites (N-methyl/N-ethyl adjacent to an activating group) is 1. The fraction of sp³-hybridized carbons (Fsp3) is 0.462. The van der Waals surface area contributed by atoms with Gasteiger partial charge < -0.3 is 18.9 Å². The van der Waals surface area contributed by atoms with Crippen LogP contribution in [-0.4, -0.2) is 67.4 Å². The lowest BCUT2D eigenvalue weighted by atomic mass is 9.79. The van der Waals surface area contributed by atoms with Crippen molar-refractivity contribution in [3.05, 3.63) is 89.0 Å². The van der Waals surface area contributed by atoms with Gasteiger partial charge in [0, 0.05) is 18.2 Å². The van der Waals surface area contributed by atoms with Crippen LogP contribution in [0.2, 0.25) is 0 Å². The number of hydrogen-bond donors (Lipinski definition) is 0. The maximum absolute atomic E-state index is 14.2. The zero-order valence-corrected chi connectivity index (χ0v) is 29.6. The average Bonchev–Trinajstić information content (AvgIpc) is 3.05. The smallest absolute Gasteiger partial charge is 0.410 e. The lowest BCUT2D eigenvalue weighted by Crippen LogP contribution is -2.52. The molecule has 9 heteroatoms. The van der Waals surface area contributed by atoms with Gasteiger partial charge >= 0.3 is 12.1 Å². The standard InChI is InChI=1S/C39H49N2O7/c1-9-41(37(44)48-38(3,4)5)39(6,7)26-47-31-19-17-28(18-20-31)36(43)40(25-35(42)46-10-2)34-24-32(45-8)21-22-33(34)30-16-15-27-13-11-12-14-29(27)23-30/h12-14,17-22,24,30H,9-10,15-16,23,25-26H2,1-8H3/t30-/m1/s1. The highest BCUT2D eigenvalue weighted by Gasteiger charge is 2.34. The van der Waals surface area contributed by atoms with E-state index in [1.54, 1.807) is 43.2 Å². The molecule has 1 aliphatic rings. The molecule has 1 atom stereocenters. The molecule has 0 fully saturated rings. The van der Waals surface area contributed by atoms with Crippen molar-refractivity contribution in [1.29, 1.82) is 0 Å². The van der Waals surface area contributed by atoms with Gasteiger partial charge in [0.25, 0.3) is 5.91 Å². The van der Waals surface area contributed by atoms with Crippen molar-refractivity contribution in [3.63, 3.8) is 0 Å². The summed E-state index contributed by atoms with van der Waals surface area (Å²) in [6.45, 7) is 13.6. The molecule has 1 radical (unpaired) electrons. The van der Waals surface area contributed by atoms with E-state index in [0.717, 1.165) is 24.8 Å². The fourth-order valence-corrected chi connectivity index (χ4v) is 6.03. The summed E-state index contributed by atoms with van der Waals surface area (Å²) in [6, 6.07) is 21.8. The summed E-state index contributed by atoms with van der Waals surface area (Å²) in [5.41, 5.74) is 3.25. The maximum atomic E-state index is 14.2. The van der Waals surface area contributed by atoms with E-state index in [-0.39, 0.29) is 31.6 Å². The van der Waals surface area contributed by atoms with E-state index in [1.165, 1.54) is 16.0 Å². The van der Waals surface area contributed by atoms with Gasteiger partial charge in [-0.2, -0.15) is 0 Å². The first kappa shape index (κ1) is 36.3. The number of anilines is 1. The number of esters is 1. The quantitative estimate of drug-likeness (QED) is 0.188. The van der Waals surface area contributed by atoms with Gasteiger partial charge in [-0.15, -0.1) is 0 Å². The number of rotatable bonds is 12. The molecule has 0 heterocycles. The third kappa shape index (κ3) is 9.08. The van der Waals surface area contributed by atoms with Crippen molar-refractivity contribution in [2.45, 2.75) is 84.8 Å². The van der Waals surface area contributed by atoms with Crippen molar-refractivity contribution in [1.82, 2.24) is 4.90 Å². The molecule has 0 aliphatic heterocycles. The zero-order valence-electron chi connectivity index (χ0n) is 29.6. The van der Waals surface area contributed by atoms with Gasteiger partial charge in [0.05, 0.1) is 24.9 Å². The number of ether oxygens (including phenoxy) is 4. The molecule has 0 aromatic heterocycles. The van der Waals surface area contributed by atoms with Crippen LogP contribution in [0.4, 0.5) is 10.5 Å². The lowest BCUT2D eigenvalue weighted by Gasteiger charge is -2.38. The van der Waals surface area contributed by atoms with Crippen LogP contribution < -0.4 is 14.4 Å². The van der Waals surface area contributed by atoms with E-state index in [4.69, 9.17) is 18.9 Å². The highest BCUT2D eigenvalue weighted by Crippen LogP contribution is 2.39. The Balaban J connectivity index is 1.59. The largest absolute Gasteiger partial charge is 0.497 e. The van der Waals surface area contributed by atoms with E-state index in [0.29, 0.717) is 29.3 Å². The maximum Gasteiger partial charge on any atom is 0.410 e. The van der Waals surface area contributed by atoms with Gasteiger partial charge in [0.2, 0.25) is 0 Å². The van der Waals surface area contributed by atoms with Crippen molar-refractivity contribution in [2.24, 2.45) is 0 Å². The second-order valence-electron chi connectivity index (χ2n) is 13.6. The Labute approximate surface area is 285 Å². The number of carbonyl (C=O) groups is 3. The molecule has 3 aromatic rings. The van der Waals surface area contributed by atoms with E-state index >= 15 is 0 Å². The first-order valence-corrected chi connectivity index (χ1v) is 16.6. The van der Waals surface area contributed by atoms with Crippen molar-refractivity contribution in [2.75, 3.05) is 38.3 Å². The van der Waals surface area contributed by atoms with Crippen LogP contribution in [0, 0.1) is 6.07 Å². The molecule has 0 N–H and O–H groups in total. The van der Waals surface area contributed by atoms with Crippen LogP contribution in [0.1, 0.15) is 87.9 Å². The number of carbonyl (C=O) groups excluding carboxylic acids is 3. The average molecular weight is 658 g/mol. The molecule has 48 heavy (non-hydrogen) atoms. The van der Waals surface area contributed by atoms with Crippen molar-refractivity contribution >= 4 is 23.7 Å². The molecule has 2 amide bonds. The van der Waals surface area contributed by atoms with Gasteiger partial charge in [-0.3, -0.25) is 19.4 Å². The van der Waals surface area contributed by atoms with Gasteiger partial charge in [0.15, 0.2) is 0 Å². The minimum Gasteiger partial charge on any atom is -0.497 e. The third-order valence-corrected chi connectivity index (χ3v) is 8.44. The summed E-state index contributed by atoms with van der Waals surface area (Å²) in [5.74, 6) is 0.409. The lowest BCUT2D eigenvalue weighted by molar-refractivity contribution is -0.141. The van der Waals surface area contributed by atoms with E-state index in [2.05, 4.69) is 12.1 Å². The van der Waals surface area contributed by atoms with Gasteiger partial charge in [-0.05, 0) is 127 Å². The Morgan fingerprint density at radius 3 is 2.29 bits per heavy atom. The number of hydrogen-bond acceptors (Lipinski definition) is 7. The van der Waals surface area contributed by atoms with Crippen molar-refractivity contribution in [3.8, 4) is 11.5 Å². The molecule has 9 nitrogen and oxygen atoms in total. The number of nitrogens with zero attached hydrogens (tertiary/aromatic N) is 2. The summed E-state index contributed by atoms with van der Waals surface area (Å²) < 4.78 is 22.6. The first-order valence-electron chi connectivity index (χ1n) is 16.6. The normalized spacial score (nSPS) is 14.4. The molecular weight excluding hydrogens is 608 g/mol. The summed E-state index contributed by atoms with van der Waals surface area (Å²) in [7, 11) is 1.58. The molecule has 0 saturated heterocycles. The minimum absolute atomic E-state index is 0.140. The Bertz CT molecular complexity index is 1580. The summed E-state index contributed by atoms with van der Waals surface area (Å²) in [6.07, 6.45) is 2.21. The molecule has 257 valence electrons. The number of benzene rings is 3. The number of methoxy groups -OCH3 is 1. The summed E-state index contributed by atoms with van der Waals surface area (Å²) in [4.78, 5) is 43.1. The van der Waals surface area contributed by atoms with E-state index in [9.17, 15) is 14.4 Å². The second-order valence-corrected chi connectivity index (χ2v) is 13.6. The molecule has 4 rings (SSSR count). The fourth-order valence-electron chi connectivity index (χ4n) is 6.03. The van der Waals surface area contributed by atoms with Crippen LogP contribution in [0.3, 0.4) is 0 Å². The molecule has 1 aliphatic carbocycles. The predicted molar refractivity (Wildman–Crippen MR) is 186 cm³/mol. The molecule has 0 spiro atoms. The van der Waals surface area contributed by atoms with Crippen LogP contribution in [-0.2, 0) is 27.1 Å². The van der Waals surface area contributed by atoms with Crippen LogP contribution in [0.25, 0.3) is 0 Å². The molecular formula is C39H49N2O7. The second kappa shape index (κ2) is 15.6. The third-order valence-electron chi connectivity index (χ3n) is 8.44. The predicted octanol–water partition coefficient (Wildman–Crippen LogP) is 7.39. The Hall–Kier alpha value is -4.53. The van der Waals surface area contributed by atoms with Crippen LogP contribution in [0.5, 0.6) is 11.5 Å². The van der Waals surface area contributed by atoms with Crippen molar-refractivity contribution < 1.29 is 33.3 Å². The summed E-state index contributed by atoms with van der Waals surface area (Å²) >= 11 is 0. The summed E-state index contributed by atoms with van der Waals surface area (Å²) in [5, 5.41) is 0. The van der Waals surface area contributed by atoms with E-state index in [1.807, 2.05) is 71.9 Å². The molecule has 0 unspecified atom stereocenters. The number of aryl methyl sites for hydroxylation is 1. The van der Waals surface area contributed by atoms with Crippen LogP contribution >= 0.6 is 0 Å². The number of amides is 2. The van der Waals surface area contributed by atoms with Crippen LogP contribution in [0.15, 0.2) is 60.7 Å². The topological polar surface area (TPSA) is 94.6 Å². The molecule has 3 aromatic carbocycles. The minimum atomic E-state index is -0.664.